The van der Waals surface area contributed by atoms with Crippen LogP contribution in [0.2, 0.25) is 0 Å². The highest BCUT2D eigenvalue weighted by atomic mass is 16.5. The Hall–Kier alpha value is -3.08. The van der Waals surface area contributed by atoms with Crippen molar-refractivity contribution >= 4 is 16.8 Å². The van der Waals surface area contributed by atoms with Crippen LogP contribution in [-0.2, 0) is 6.54 Å². The van der Waals surface area contributed by atoms with Crippen LogP contribution in [0.25, 0.3) is 10.8 Å². The second-order valence-electron chi connectivity index (χ2n) is 5.86. The first kappa shape index (κ1) is 16.8. The molecule has 2 aromatic carbocycles. The number of amides is 2. The molecule has 5 heteroatoms. The first-order valence-electron chi connectivity index (χ1n) is 8.17. The van der Waals surface area contributed by atoms with Gasteiger partial charge in [-0.3, -0.25) is 0 Å². The molecule has 0 radical (unpaired) electrons. The molecule has 0 saturated carbocycles. The number of benzene rings is 2. The molecule has 128 valence electrons. The topological polar surface area (TPSA) is 63.2 Å². The maximum absolute atomic E-state index is 12.1. The molecular weight excluding hydrogens is 314 g/mol. The van der Waals surface area contributed by atoms with Crippen molar-refractivity contribution < 1.29 is 9.53 Å². The van der Waals surface area contributed by atoms with Crippen LogP contribution >= 0.6 is 0 Å². The number of carbonyl (C=O) groups is 1. The van der Waals surface area contributed by atoms with Crippen LogP contribution < -0.4 is 15.4 Å². The smallest absolute Gasteiger partial charge is 0.315 e. The van der Waals surface area contributed by atoms with E-state index < -0.39 is 0 Å². The largest absolute Gasteiger partial charge is 0.481 e. The molecule has 2 N–H and O–H groups in total. The fourth-order valence-corrected chi connectivity index (χ4v) is 2.66. The molecule has 0 aliphatic heterocycles. The van der Waals surface area contributed by atoms with Crippen molar-refractivity contribution in [1.82, 2.24) is 15.6 Å². The molecule has 3 aromatic rings. The molecule has 0 fully saturated rings. The summed E-state index contributed by atoms with van der Waals surface area (Å²) in [4.78, 5) is 16.2. The van der Waals surface area contributed by atoms with Crippen LogP contribution in [0.4, 0.5) is 4.79 Å². The van der Waals surface area contributed by atoms with Gasteiger partial charge in [-0.15, -0.1) is 0 Å². The number of hydrogen-bond donors (Lipinski definition) is 2. The Morgan fingerprint density at radius 2 is 1.92 bits per heavy atom. The molecule has 5 nitrogen and oxygen atoms in total. The summed E-state index contributed by atoms with van der Waals surface area (Å²) in [7, 11) is 1.57. The summed E-state index contributed by atoms with van der Waals surface area (Å²) < 4.78 is 5.08. The minimum absolute atomic E-state index is 0.0865. The number of pyridine rings is 1. The van der Waals surface area contributed by atoms with Gasteiger partial charge in [0.15, 0.2) is 0 Å². The molecule has 0 aliphatic carbocycles. The van der Waals surface area contributed by atoms with Crippen molar-refractivity contribution in [2.24, 2.45) is 0 Å². The van der Waals surface area contributed by atoms with Crippen LogP contribution in [0.1, 0.15) is 24.1 Å². The Labute approximate surface area is 147 Å². The van der Waals surface area contributed by atoms with E-state index in [2.05, 4.69) is 39.9 Å². The molecule has 0 aliphatic rings. The van der Waals surface area contributed by atoms with Crippen molar-refractivity contribution in [2.45, 2.75) is 19.5 Å². The Kier molecular flexibility index (Phi) is 5.14. The Bertz CT molecular complexity index is 879. The summed E-state index contributed by atoms with van der Waals surface area (Å²) in [6.07, 6.45) is 1.66. The second kappa shape index (κ2) is 7.66. The maximum Gasteiger partial charge on any atom is 0.315 e. The number of carbonyl (C=O) groups excluding carboxylic acids is 1. The van der Waals surface area contributed by atoms with Gasteiger partial charge in [0.25, 0.3) is 0 Å². The number of ether oxygens (including phenoxy) is 1. The standard InChI is InChI=1S/C20H21N3O2/c1-14(17-8-7-16-5-3-4-6-18(16)12-17)23-20(24)22-13-15-9-10-21-19(11-15)25-2/h3-12,14H,13H2,1-2H3,(H2,22,23,24)/t14-/m0/s1. The van der Waals surface area contributed by atoms with Gasteiger partial charge in [0.1, 0.15) is 0 Å². The van der Waals surface area contributed by atoms with E-state index in [1.165, 1.54) is 5.39 Å². The van der Waals surface area contributed by atoms with Crippen molar-refractivity contribution in [3.05, 3.63) is 71.9 Å². The lowest BCUT2D eigenvalue weighted by atomic mass is 10.0. The Morgan fingerprint density at radius 1 is 1.12 bits per heavy atom. The summed E-state index contributed by atoms with van der Waals surface area (Å²) in [5.41, 5.74) is 2.00. The molecule has 0 unspecified atom stereocenters. The molecule has 3 rings (SSSR count). The highest BCUT2D eigenvalue weighted by molar-refractivity contribution is 5.83. The van der Waals surface area contributed by atoms with E-state index in [4.69, 9.17) is 4.74 Å². The predicted octanol–water partition coefficient (Wildman–Crippen LogP) is 3.80. The van der Waals surface area contributed by atoms with Gasteiger partial charge in [0, 0.05) is 18.8 Å². The zero-order valence-electron chi connectivity index (χ0n) is 14.3. The van der Waals surface area contributed by atoms with Gasteiger partial charge in [-0.1, -0.05) is 36.4 Å². The van der Waals surface area contributed by atoms with Gasteiger partial charge in [-0.25, -0.2) is 9.78 Å². The average molecular weight is 335 g/mol. The lowest BCUT2D eigenvalue weighted by molar-refractivity contribution is 0.237. The number of rotatable bonds is 5. The molecule has 1 heterocycles. The number of aromatic nitrogens is 1. The van der Waals surface area contributed by atoms with Gasteiger partial charge in [0.2, 0.25) is 5.88 Å². The van der Waals surface area contributed by atoms with Crippen LogP contribution in [0.15, 0.2) is 60.8 Å². The minimum Gasteiger partial charge on any atom is -0.481 e. The predicted molar refractivity (Wildman–Crippen MR) is 98.5 cm³/mol. The highest BCUT2D eigenvalue weighted by Gasteiger charge is 2.10. The summed E-state index contributed by atoms with van der Waals surface area (Å²) in [6.45, 7) is 2.38. The number of methoxy groups -OCH3 is 1. The van der Waals surface area contributed by atoms with Crippen molar-refractivity contribution in [1.29, 1.82) is 0 Å². The molecule has 0 bridgehead atoms. The second-order valence-corrected chi connectivity index (χ2v) is 5.86. The molecule has 2 amide bonds. The van der Waals surface area contributed by atoms with Gasteiger partial charge in [0.05, 0.1) is 13.2 Å². The number of nitrogens with one attached hydrogen (secondary N) is 2. The quantitative estimate of drug-likeness (QED) is 0.745. The molecule has 0 saturated heterocycles. The zero-order chi connectivity index (χ0) is 17.6. The van der Waals surface area contributed by atoms with Crippen LogP contribution in [0.3, 0.4) is 0 Å². The number of urea groups is 1. The highest BCUT2D eigenvalue weighted by Crippen LogP contribution is 2.20. The van der Waals surface area contributed by atoms with E-state index in [1.54, 1.807) is 19.4 Å². The number of nitrogens with zero attached hydrogens (tertiary/aromatic N) is 1. The SMILES string of the molecule is COc1cc(CNC(=O)N[C@@H](C)c2ccc3ccccc3c2)ccn1. The van der Waals surface area contributed by atoms with Crippen LogP contribution in [0, 0.1) is 0 Å². The Morgan fingerprint density at radius 3 is 2.72 bits per heavy atom. The molecular formula is C20H21N3O2. The summed E-state index contributed by atoms with van der Waals surface area (Å²) in [6, 6.07) is 17.7. The summed E-state index contributed by atoms with van der Waals surface area (Å²) in [5.74, 6) is 0.532. The average Bonchev–Trinajstić information content (AvgIpc) is 2.66. The zero-order valence-corrected chi connectivity index (χ0v) is 14.3. The van der Waals surface area contributed by atoms with Gasteiger partial charge in [-0.05, 0) is 41.0 Å². The van der Waals surface area contributed by atoms with E-state index in [9.17, 15) is 4.79 Å². The van der Waals surface area contributed by atoms with Crippen LogP contribution in [-0.4, -0.2) is 18.1 Å². The minimum atomic E-state index is -0.212. The molecule has 25 heavy (non-hydrogen) atoms. The number of fused-ring (bicyclic) bond motifs is 1. The third-order valence-electron chi connectivity index (χ3n) is 4.08. The fraction of sp³-hybridized carbons (Fsp3) is 0.200. The van der Waals surface area contributed by atoms with E-state index in [0.29, 0.717) is 12.4 Å². The van der Waals surface area contributed by atoms with E-state index >= 15 is 0 Å². The summed E-state index contributed by atoms with van der Waals surface area (Å²) >= 11 is 0. The monoisotopic (exact) mass is 335 g/mol. The van der Waals surface area contributed by atoms with Gasteiger partial charge in [-0.2, -0.15) is 0 Å². The van der Waals surface area contributed by atoms with E-state index in [1.807, 2.05) is 31.2 Å². The number of hydrogen-bond acceptors (Lipinski definition) is 3. The molecule has 1 atom stereocenters. The molecule has 0 spiro atoms. The summed E-state index contributed by atoms with van der Waals surface area (Å²) in [5, 5.41) is 8.17. The van der Waals surface area contributed by atoms with Gasteiger partial charge >= 0.3 is 6.03 Å². The van der Waals surface area contributed by atoms with E-state index in [0.717, 1.165) is 16.5 Å². The first-order valence-corrected chi connectivity index (χ1v) is 8.17. The normalized spacial score (nSPS) is 11.8. The maximum atomic E-state index is 12.1. The van der Waals surface area contributed by atoms with Crippen LogP contribution in [0.5, 0.6) is 5.88 Å². The third kappa shape index (κ3) is 4.26. The lowest BCUT2D eigenvalue weighted by Gasteiger charge is -2.16. The lowest BCUT2D eigenvalue weighted by Crippen LogP contribution is -2.36. The van der Waals surface area contributed by atoms with Crippen molar-refractivity contribution in [2.75, 3.05) is 7.11 Å². The van der Waals surface area contributed by atoms with Crippen molar-refractivity contribution in [3.63, 3.8) is 0 Å². The van der Waals surface area contributed by atoms with E-state index in [-0.39, 0.29) is 12.1 Å². The molecule has 1 aromatic heterocycles. The first-order chi connectivity index (χ1) is 12.2. The Balaban J connectivity index is 1.59. The van der Waals surface area contributed by atoms with Gasteiger partial charge < -0.3 is 15.4 Å². The third-order valence-corrected chi connectivity index (χ3v) is 4.08. The van der Waals surface area contributed by atoms with Crippen molar-refractivity contribution in [3.8, 4) is 5.88 Å². The fourth-order valence-electron chi connectivity index (χ4n) is 2.66.